The summed E-state index contributed by atoms with van der Waals surface area (Å²) in [6.07, 6.45) is 1.98. The van der Waals surface area contributed by atoms with Gasteiger partial charge in [-0.25, -0.2) is 9.59 Å². The molecule has 0 aliphatic rings. The molecule has 0 aliphatic carbocycles. The number of hydrogen-bond acceptors (Lipinski definition) is 10. The number of nitrogens with two attached hydrogens (primary N) is 1. The molecule has 3 atom stereocenters. The Labute approximate surface area is 249 Å². The van der Waals surface area contributed by atoms with E-state index in [9.17, 15) is 19.2 Å². The average Bonchev–Trinajstić information content (AvgIpc) is 2.94. The first-order valence-corrected chi connectivity index (χ1v) is 14.2. The molecule has 234 valence electrons. The second kappa shape index (κ2) is 21.7. The standard InChI is InChI=1S/C27H45N5O7S.CH4/c1-5-18(2)25(32-24(34)9-7-6-8-13-28)26(35)38-20-11-10-19(15-21(20)37-4)22(16-30-23(33)12-14-40)39-27(36)31-17-29-3;/h10-11,15,18,22,25,29,40H,5-9,12-14,16-17,28H2,1-4H3,(H,30,33)(H,31,36)(H,32,34);1H4/t18-,22?,25-;/m0./s1. The number of carbonyl (C=O) groups is 4. The fraction of sp³-hybridized carbons (Fsp3) is 0.643. The van der Waals surface area contributed by atoms with Crippen LogP contribution in [0.25, 0.3) is 0 Å². The third-order valence-electron chi connectivity index (χ3n) is 6.14. The molecule has 0 bridgehead atoms. The van der Waals surface area contributed by atoms with Crippen molar-refractivity contribution in [1.29, 1.82) is 0 Å². The summed E-state index contributed by atoms with van der Waals surface area (Å²) in [4.78, 5) is 49.9. The van der Waals surface area contributed by atoms with Crippen LogP contribution >= 0.6 is 12.6 Å². The van der Waals surface area contributed by atoms with Crippen LogP contribution in [-0.4, -0.2) is 69.6 Å². The van der Waals surface area contributed by atoms with Crippen LogP contribution in [-0.2, 0) is 19.1 Å². The van der Waals surface area contributed by atoms with Crippen molar-refractivity contribution < 1.29 is 33.4 Å². The predicted molar refractivity (Wildman–Crippen MR) is 162 cm³/mol. The molecule has 0 spiro atoms. The van der Waals surface area contributed by atoms with Gasteiger partial charge in [-0.3, -0.25) is 9.59 Å². The molecule has 13 heteroatoms. The van der Waals surface area contributed by atoms with Gasteiger partial charge in [-0.15, -0.1) is 0 Å². The zero-order valence-electron chi connectivity index (χ0n) is 23.9. The number of hydrogen-bond donors (Lipinski definition) is 6. The maximum Gasteiger partial charge on any atom is 0.408 e. The fourth-order valence-corrected chi connectivity index (χ4v) is 3.82. The van der Waals surface area contributed by atoms with Crippen molar-refractivity contribution in [3.63, 3.8) is 0 Å². The number of rotatable bonds is 19. The van der Waals surface area contributed by atoms with Crippen LogP contribution in [0.5, 0.6) is 11.5 Å². The van der Waals surface area contributed by atoms with Gasteiger partial charge in [-0.1, -0.05) is 40.2 Å². The van der Waals surface area contributed by atoms with E-state index in [1.807, 2.05) is 13.8 Å². The van der Waals surface area contributed by atoms with Crippen LogP contribution in [0.1, 0.15) is 71.5 Å². The van der Waals surface area contributed by atoms with E-state index >= 15 is 0 Å². The lowest BCUT2D eigenvalue weighted by atomic mass is 9.99. The van der Waals surface area contributed by atoms with Crippen LogP contribution in [0.4, 0.5) is 4.79 Å². The van der Waals surface area contributed by atoms with Gasteiger partial charge in [0.25, 0.3) is 0 Å². The topological polar surface area (TPSA) is 170 Å². The Kier molecular flexibility index (Phi) is 20.1. The smallest absolute Gasteiger partial charge is 0.408 e. The zero-order chi connectivity index (χ0) is 29.9. The number of ether oxygens (including phenoxy) is 3. The maximum atomic E-state index is 13.2. The maximum absolute atomic E-state index is 13.2. The molecular weight excluding hydrogens is 550 g/mol. The minimum absolute atomic E-state index is 0. The molecule has 3 amide bonds. The third kappa shape index (κ3) is 14.4. The van der Waals surface area contributed by atoms with Crippen molar-refractivity contribution in [2.45, 2.75) is 71.9 Å². The van der Waals surface area contributed by atoms with Crippen LogP contribution in [0.3, 0.4) is 0 Å². The van der Waals surface area contributed by atoms with Crippen LogP contribution in [0.2, 0.25) is 0 Å². The minimum atomic E-state index is -0.856. The van der Waals surface area contributed by atoms with E-state index in [1.165, 1.54) is 13.2 Å². The molecular formula is C28H49N5O7S. The van der Waals surface area contributed by atoms with Gasteiger partial charge < -0.3 is 41.2 Å². The minimum Gasteiger partial charge on any atom is -0.493 e. The van der Waals surface area contributed by atoms with Crippen molar-refractivity contribution >= 4 is 36.5 Å². The average molecular weight is 600 g/mol. The quantitative estimate of drug-likeness (QED) is 0.0460. The van der Waals surface area contributed by atoms with Gasteiger partial charge in [0.15, 0.2) is 11.5 Å². The van der Waals surface area contributed by atoms with Crippen molar-refractivity contribution in [3.05, 3.63) is 23.8 Å². The Morgan fingerprint density at radius 1 is 1.02 bits per heavy atom. The van der Waals surface area contributed by atoms with Crippen molar-refractivity contribution in [2.75, 3.05) is 39.7 Å². The molecule has 0 heterocycles. The predicted octanol–water partition coefficient (Wildman–Crippen LogP) is 2.67. The van der Waals surface area contributed by atoms with Crippen LogP contribution in [0, 0.1) is 5.92 Å². The van der Waals surface area contributed by atoms with E-state index in [1.54, 1.807) is 19.2 Å². The summed E-state index contributed by atoms with van der Waals surface area (Å²) in [5.41, 5.74) is 6.01. The van der Waals surface area contributed by atoms with Gasteiger partial charge in [0.05, 0.1) is 20.3 Å². The number of thiol groups is 1. The Hall–Kier alpha value is -3.03. The van der Waals surface area contributed by atoms with Crippen molar-refractivity contribution in [3.8, 4) is 11.5 Å². The molecule has 0 fully saturated rings. The van der Waals surface area contributed by atoms with Gasteiger partial charge in [0, 0.05) is 12.8 Å². The lowest BCUT2D eigenvalue weighted by molar-refractivity contribution is -0.141. The monoisotopic (exact) mass is 599 g/mol. The zero-order valence-corrected chi connectivity index (χ0v) is 24.8. The molecule has 1 aromatic rings. The van der Waals surface area contributed by atoms with E-state index in [4.69, 9.17) is 19.9 Å². The van der Waals surface area contributed by atoms with E-state index in [0.29, 0.717) is 37.1 Å². The first-order valence-electron chi connectivity index (χ1n) is 13.6. The summed E-state index contributed by atoms with van der Waals surface area (Å²) < 4.78 is 16.6. The summed E-state index contributed by atoms with van der Waals surface area (Å²) in [7, 11) is 3.08. The van der Waals surface area contributed by atoms with Gasteiger partial charge in [0.1, 0.15) is 12.1 Å². The SMILES string of the molecule is C.CC[C@H](C)[C@H](NC(=O)CCCCCN)C(=O)Oc1ccc(C(CNC(=O)CCS)OC(=O)NCNC)cc1OC. The summed E-state index contributed by atoms with van der Waals surface area (Å²) in [5, 5.41) is 10.8. The number of unbranched alkanes of at least 4 members (excludes halogenated alkanes) is 2. The molecule has 6 N–H and O–H groups in total. The van der Waals surface area contributed by atoms with Crippen LogP contribution < -0.4 is 36.5 Å². The number of esters is 1. The summed E-state index contributed by atoms with van der Waals surface area (Å²) in [6.45, 7) is 4.57. The molecule has 1 unspecified atom stereocenters. The number of amides is 3. The highest BCUT2D eigenvalue weighted by molar-refractivity contribution is 7.80. The van der Waals surface area contributed by atoms with E-state index in [2.05, 4.69) is 33.9 Å². The molecule has 1 aromatic carbocycles. The second-order valence-corrected chi connectivity index (χ2v) is 9.69. The molecule has 41 heavy (non-hydrogen) atoms. The normalized spacial score (nSPS) is 12.6. The van der Waals surface area contributed by atoms with Crippen molar-refractivity contribution in [1.82, 2.24) is 21.3 Å². The van der Waals surface area contributed by atoms with Crippen LogP contribution in [0.15, 0.2) is 18.2 Å². The summed E-state index contributed by atoms with van der Waals surface area (Å²) in [6, 6.07) is 3.86. The van der Waals surface area contributed by atoms with Gasteiger partial charge >= 0.3 is 12.1 Å². The molecule has 0 saturated heterocycles. The van der Waals surface area contributed by atoms with Crippen molar-refractivity contribution in [2.24, 2.45) is 11.7 Å². The number of benzene rings is 1. The Morgan fingerprint density at radius 2 is 1.76 bits per heavy atom. The highest BCUT2D eigenvalue weighted by Gasteiger charge is 2.29. The summed E-state index contributed by atoms with van der Waals surface area (Å²) in [5.74, 6) is -0.519. The lowest BCUT2D eigenvalue weighted by Gasteiger charge is -2.24. The third-order valence-corrected chi connectivity index (χ3v) is 6.37. The Balaban J connectivity index is 0.0000160. The first kappa shape index (κ1) is 38.0. The Morgan fingerprint density at radius 3 is 2.37 bits per heavy atom. The lowest BCUT2D eigenvalue weighted by Crippen LogP contribution is -2.47. The number of carbonyl (C=O) groups excluding carboxylic acids is 4. The second-order valence-electron chi connectivity index (χ2n) is 9.24. The largest absolute Gasteiger partial charge is 0.493 e. The highest BCUT2D eigenvalue weighted by atomic mass is 32.1. The Bertz CT molecular complexity index is 950. The fourth-order valence-electron chi connectivity index (χ4n) is 3.62. The number of nitrogens with one attached hydrogen (secondary N) is 4. The molecule has 0 aliphatic heterocycles. The molecule has 0 saturated carbocycles. The highest BCUT2D eigenvalue weighted by Crippen LogP contribution is 2.32. The van der Waals surface area contributed by atoms with E-state index in [-0.39, 0.29) is 56.3 Å². The van der Waals surface area contributed by atoms with Gasteiger partial charge in [-0.05, 0) is 55.8 Å². The van der Waals surface area contributed by atoms with E-state index in [0.717, 1.165) is 12.8 Å². The summed E-state index contributed by atoms with van der Waals surface area (Å²) >= 11 is 4.06. The molecule has 0 aromatic heterocycles. The molecule has 0 radical (unpaired) electrons. The number of alkyl carbamates (subject to hydrolysis) is 1. The van der Waals surface area contributed by atoms with E-state index < -0.39 is 24.2 Å². The van der Waals surface area contributed by atoms with Gasteiger partial charge in [-0.2, -0.15) is 12.6 Å². The molecule has 12 nitrogen and oxygen atoms in total. The first-order chi connectivity index (χ1) is 19.2. The molecule has 1 rings (SSSR count). The van der Waals surface area contributed by atoms with Gasteiger partial charge in [0.2, 0.25) is 11.8 Å². The number of methoxy groups -OCH3 is 1.